The Hall–Kier alpha value is -2.12. The summed E-state index contributed by atoms with van der Waals surface area (Å²) in [4.78, 5) is 16.3. The number of halogens is 2. The molecule has 28 heavy (non-hydrogen) atoms. The minimum Gasteiger partial charge on any atom is -0.314 e. The highest BCUT2D eigenvalue weighted by molar-refractivity contribution is 7.91. The number of hydrogen-bond acceptors (Lipinski definition) is 3. The average molecular weight is 423 g/mol. The Balaban J connectivity index is 1.69. The molecule has 4 rings (SSSR count). The van der Waals surface area contributed by atoms with Crippen molar-refractivity contribution in [3.8, 4) is 0 Å². The fraction of sp³-hybridized carbons (Fsp3) is 0.350. The Kier molecular flexibility index (Phi) is 4.83. The first-order valence-corrected chi connectivity index (χ1v) is 11.3. The number of nitrogens with zero attached hydrogens (tertiary/aromatic N) is 2. The zero-order chi connectivity index (χ0) is 20.1. The van der Waals surface area contributed by atoms with E-state index in [1.807, 2.05) is 31.2 Å². The molecule has 2 aromatic rings. The summed E-state index contributed by atoms with van der Waals surface area (Å²) in [5, 5.41) is 0.218. The summed E-state index contributed by atoms with van der Waals surface area (Å²) in [6, 6.07) is 10.5. The van der Waals surface area contributed by atoms with Crippen molar-refractivity contribution < 1.29 is 17.6 Å². The summed E-state index contributed by atoms with van der Waals surface area (Å²) in [6.45, 7) is 2.18. The lowest BCUT2D eigenvalue weighted by Crippen LogP contribution is -2.37. The largest absolute Gasteiger partial charge is 0.325 e. The van der Waals surface area contributed by atoms with E-state index in [0.29, 0.717) is 11.3 Å². The molecule has 2 aromatic carbocycles. The van der Waals surface area contributed by atoms with E-state index in [9.17, 15) is 17.6 Å². The van der Waals surface area contributed by atoms with Gasteiger partial charge in [0.2, 0.25) is 0 Å². The fourth-order valence-electron chi connectivity index (χ4n) is 3.99. The molecule has 0 unspecified atom stereocenters. The highest BCUT2D eigenvalue weighted by atomic mass is 35.5. The SMILES string of the molecule is CCc1ccc(N2C(=O)N(Cc3ccc(F)cc3Cl)[C@H]3CS(=O)(=O)C[C@H]32)cc1. The van der Waals surface area contributed by atoms with Crippen LogP contribution in [-0.4, -0.2) is 42.9 Å². The van der Waals surface area contributed by atoms with Crippen molar-refractivity contribution in [3.63, 3.8) is 0 Å². The predicted octanol–water partition coefficient (Wildman–Crippen LogP) is 3.65. The molecule has 5 nitrogen and oxygen atoms in total. The number of aryl methyl sites for hydroxylation is 1. The predicted molar refractivity (Wildman–Crippen MR) is 107 cm³/mol. The molecule has 0 spiro atoms. The zero-order valence-corrected chi connectivity index (χ0v) is 16.9. The van der Waals surface area contributed by atoms with Crippen LogP contribution in [0.4, 0.5) is 14.9 Å². The number of hydrogen-bond donors (Lipinski definition) is 0. The van der Waals surface area contributed by atoms with Crippen LogP contribution >= 0.6 is 11.6 Å². The van der Waals surface area contributed by atoms with Crippen molar-refractivity contribution in [1.82, 2.24) is 4.90 Å². The third-order valence-corrected chi connectivity index (χ3v) is 7.51. The highest BCUT2D eigenvalue weighted by Gasteiger charge is 2.53. The molecule has 0 N–H and O–H groups in total. The minimum absolute atomic E-state index is 0.0629. The number of urea groups is 1. The molecule has 0 bridgehead atoms. The second-order valence-corrected chi connectivity index (χ2v) is 9.81. The van der Waals surface area contributed by atoms with Gasteiger partial charge >= 0.3 is 6.03 Å². The van der Waals surface area contributed by atoms with Gasteiger partial charge in [-0.3, -0.25) is 4.90 Å². The van der Waals surface area contributed by atoms with Gasteiger partial charge in [-0.05, 0) is 41.8 Å². The second kappa shape index (κ2) is 7.04. The number of benzene rings is 2. The maximum Gasteiger partial charge on any atom is 0.325 e. The topological polar surface area (TPSA) is 57.7 Å². The van der Waals surface area contributed by atoms with Crippen molar-refractivity contribution in [2.45, 2.75) is 32.0 Å². The minimum atomic E-state index is -3.25. The summed E-state index contributed by atoms with van der Waals surface area (Å²) >= 11 is 6.13. The van der Waals surface area contributed by atoms with E-state index in [2.05, 4.69) is 0 Å². The molecular formula is C20H20ClFN2O3S. The molecule has 8 heteroatoms. The molecule has 2 aliphatic rings. The van der Waals surface area contributed by atoms with Crippen molar-refractivity contribution in [3.05, 3.63) is 64.4 Å². The van der Waals surface area contributed by atoms with Crippen LogP contribution in [0.25, 0.3) is 0 Å². The molecule has 2 heterocycles. The lowest BCUT2D eigenvalue weighted by atomic mass is 10.1. The van der Waals surface area contributed by atoms with Crippen molar-refractivity contribution in [1.29, 1.82) is 0 Å². The molecule has 0 radical (unpaired) electrons. The van der Waals surface area contributed by atoms with Gasteiger partial charge < -0.3 is 4.90 Å². The molecule has 0 aromatic heterocycles. The number of sulfone groups is 1. The van der Waals surface area contributed by atoms with Crippen LogP contribution in [0.5, 0.6) is 0 Å². The summed E-state index contributed by atoms with van der Waals surface area (Å²) in [7, 11) is -3.25. The number of amides is 2. The standard InChI is InChI=1S/C20H20ClFN2O3S/c1-2-13-3-7-16(8-4-13)24-19-12-28(26,27)11-18(19)23(20(24)25)10-14-5-6-15(22)9-17(14)21/h3-9,18-19H,2,10-12H2,1H3/t18-,19+/m0/s1. The Labute approximate surface area is 168 Å². The smallest absolute Gasteiger partial charge is 0.314 e. The second-order valence-electron chi connectivity index (χ2n) is 7.25. The van der Waals surface area contributed by atoms with Crippen LogP contribution < -0.4 is 4.90 Å². The van der Waals surface area contributed by atoms with Gasteiger partial charge in [0.05, 0.1) is 23.6 Å². The molecule has 2 aliphatic heterocycles. The van der Waals surface area contributed by atoms with Gasteiger partial charge in [0.1, 0.15) is 5.82 Å². The summed E-state index contributed by atoms with van der Waals surface area (Å²) in [5.41, 5.74) is 2.41. The molecule has 2 fully saturated rings. The maximum absolute atomic E-state index is 13.3. The molecule has 2 saturated heterocycles. The van der Waals surface area contributed by atoms with E-state index in [-0.39, 0.29) is 29.1 Å². The van der Waals surface area contributed by atoms with Crippen LogP contribution in [0.2, 0.25) is 5.02 Å². The molecule has 0 saturated carbocycles. The number of carbonyl (C=O) groups excluding carboxylic acids is 1. The molecule has 2 atom stereocenters. The first-order valence-electron chi connectivity index (χ1n) is 9.12. The summed E-state index contributed by atoms with van der Waals surface area (Å²) < 4.78 is 37.9. The molecule has 2 amide bonds. The Morgan fingerprint density at radius 1 is 1.11 bits per heavy atom. The Morgan fingerprint density at radius 2 is 1.79 bits per heavy atom. The van der Waals surface area contributed by atoms with Crippen LogP contribution in [0.1, 0.15) is 18.1 Å². The number of rotatable bonds is 4. The molecular weight excluding hydrogens is 403 g/mol. The normalized spacial score (nSPS) is 23.3. The molecule has 148 valence electrons. The third kappa shape index (κ3) is 3.37. The lowest BCUT2D eigenvalue weighted by Gasteiger charge is -2.23. The quantitative estimate of drug-likeness (QED) is 0.707. The molecule has 0 aliphatic carbocycles. The van der Waals surface area contributed by atoms with Crippen LogP contribution in [0.15, 0.2) is 42.5 Å². The maximum atomic E-state index is 13.3. The monoisotopic (exact) mass is 422 g/mol. The van der Waals surface area contributed by atoms with Gasteiger partial charge in [-0.2, -0.15) is 0 Å². The Morgan fingerprint density at radius 3 is 2.43 bits per heavy atom. The van der Waals surface area contributed by atoms with Crippen molar-refractivity contribution >= 4 is 33.2 Å². The van der Waals surface area contributed by atoms with Gasteiger partial charge in [-0.1, -0.05) is 36.7 Å². The first-order chi connectivity index (χ1) is 13.3. The van der Waals surface area contributed by atoms with Gasteiger partial charge in [-0.25, -0.2) is 17.6 Å². The lowest BCUT2D eigenvalue weighted by molar-refractivity contribution is 0.206. The van der Waals surface area contributed by atoms with E-state index in [0.717, 1.165) is 12.0 Å². The van der Waals surface area contributed by atoms with Crippen molar-refractivity contribution in [2.75, 3.05) is 16.4 Å². The van der Waals surface area contributed by atoms with Gasteiger partial charge in [0.25, 0.3) is 0 Å². The van der Waals surface area contributed by atoms with E-state index < -0.39 is 27.7 Å². The highest BCUT2D eigenvalue weighted by Crippen LogP contribution is 2.36. The van der Waals surface area contributed by atoms with Crippen LogP contribution in [0, 0.1) is 5.82 Å². The van der Waals surface area contributed by atoms with Gasteiger partial charge in [-0.15, -0.1) is 0 Å². The van der Waals surface area contributed by atoms with Crippen LogP contribution in [-0.2, 0) is 22.8 Å². The van der Waals surface area contributed by atoms with E-state index >= 15 is 0 Å². The summed E-state index contributed by atoms with van der Waals surface area (Å²) in [5.74, 6) is -0.598. The third-order valence-electron chi connectivity index (χ3n) is 5.46. The van der Waals surface area contributed by atoms with Gasteiger partial charge in [0, 0.05) is 17.3 Å². The van der Waals surface area contributed by atoms with E-state index in [4.69, 9.17) is 11.6 Å². The first kappa shape index (κ1) is 19.2. The number of fused-ring (bicyclic) bond motifs is 1. The van der Waals surface area contributed by atoms with Crippen molar-refractivity contribution in [2.24, 2.45) is 0 Å². The average Bonchev–Trinajstić information content (AvgIpc) is 3.07. The fourth-order valence-corrected chi connectivity index (χ4v) is 6.17. The Bertz CT molecular complexity index is 1030. The van der Waals surface area contributed by atoms with Gasteiger partial charge in [0.15, 0.2) is 9.84 Å². The van der Waals surface area contributed by atoms with E-state index in [1.165, 1.54) is 18.2 Å². The van der Waals surface area contributed by atoms with Crippen LogP contribution in [0.3, 0.4) is 0 Å². The van der Waals surface area contributed by atoms with E-state index in [1.54, 1.807) is 9.80 Å². The number of anilines is 1. The zero-order valence-electron chi connectivity index (χ0n) is 15.3. The number of carbonyl (C=O) groups is 1. The summed E-state index contributed by atoms with van der Waals surface area (Å²) in [6.07, 6.45) is 0.879.